The Morgan fingerprint density at radius 2 is 0.357 bits per heavy atom. The Bertz CT molecular complexity index is 7340. The van der Waals surface area contributed by atoms with Crippen molar-refractivity contribution in [2.24, 2.45) is 0 Å². The molecule has 112 heavy (non-hydrogen) atoms. The summed E-state index contributed by atoms with van der Waals surface area (Å²) in [7, 11) is 0. The maximum absolute atomic E-state index is 5.16. The predicted molar refractivity (Wildman–Crippen MR) is 460 cm³/mol. The second-order valence-electron chi connectivity index (χ2n) is 28.2. The normalized spacial score (nSPS) is 11.6. The number of fused-ring (bicyclic) bond motifs is 12. The smallest absolute Gasteiger partial charge is 0.164 e. The zero-order valence-electron chi connectivity index (χ0n) is 60.6. The van der Waals surface area contributed by atoms with Gasteiger partial charge in [-0.3, -0.25) is 0 Å². The lowest BCUT2D eigenvalue weighted by atomic mass is 10.0. The maximum Gasteiger partial charge on any atom is 0.164 e. The topological polar surface area (TPSA) is 97.1 Å². The van der Waals surface area contributed by atoms with Crippen LogP contribution in [-0.2, 0) is 0 Å². The van der Waals surface area contributed by atoms with Crippen LogP contribution < -0.4 is 0 Å². The number of benzene rings is 16. The van der Waals surface area contributed by atoms with Crippen LogP contribution in [0, 0.1) is 0 Å². The van der Waals surface area contributed by atoms with Crippen molar-refractivity contribution >= 4 is 87.2 Å². The molecular weight excluding hydrogens is 1370 g/mol. The van der Waals surface area contributed by atoms with Crippen molar-refractivity contribution in [3.8, 4) is 113 Å². The van der Waals surface area contributed by atoms with E-state index in [4.69, 9.17) is 29.9 Å². The van der Waals surface area contributed by atoms with E-state index < -0.39 is 0 Å². The van der Waals surface area contributed by atoms with Crippen LogP contribution in [0.25, 0.3) is 201 Å². The third-order valence-corrected chi connectivity index (χ3v) is 21.5. The number of para-hydroxylation sites is 6. The van der Waals surface area contributed by atoms with Crippen LogP contribution >= 0.6 is 0 Å². The van der Waals surface area contributed by atoms with Crippen LogP contribution in [0.1, 0.15) is 0 Å². The van der Waals surface area contributed by atoms with E-state index >= 15 is 0 Å². The van der Waals surface area contributed by atoms with E-state index in [-0.39, 0.29) is 0 Å². The Balaban J connectivity index is 0.000000141. The summed E-state index contributed by atoms with van der Waals surface area (Å²) in [6.45, 7) is 0. The fourth-order valence-electron chi connectivity index (χ4n) is 16.3. The van der Waals surface area contributed by atoms with Crippen LogP contribution in [0.5, 0.6) is 0 Å². The average molecular weight is 1430 g/mol. The highest BCUT2D eigenvalue weighted by atomic mass is 15.1. The molecule has 0 saturated carbocycles. The molecule has 0 N–H and O–H groups in total. The van der Waals surface area contributed by atoms with Crippen molar-refractivity contribution in [3.63, 3.8) is 0 Å². The van der Waals surface area contributed by atoms with Crippen molar-refractivity contribution in [1.29, 1.82) is 0 Å². The first kappa shape index (κ1) is 65.1. The van der Waals surface area contributed by atoms with E-state index in [0.717, 1.165) is 106 Å². The molecule has 0 unspecified atom stereocenters. The number of rotatable bonds is 12. The van der Waals surface area contributed by atoms with Gasteiger partial charge in [0.15, 0.2) is 34.9 Å². The lowest BCUT2D eigenvalue weighted by Crippen LogP contribution is -2.01. The molecule has 0 bridgehead atoms. The lowest BCUT2D eigenvalue weighted by molar-refractivity contribution is 1.07. The summed E-state index contributed by atoms with van der Waals surface area (Å²) >= 11 is 0. The second-order valence-corrected chi connectivity index (χ2v) is 28.2. The summed E-state index contributed by atoms with van der Waals surface area (Å²) in [6, 6.07) is 141. The minimum absolute atomic E-state index is 0.619. The molecule has 6 aromatic heterocycles. The van der Waals surface area contributed by atoms with E-state index in [1.807, 2.05) is 72.8 Å². The molecule has 22 rings (SSSR count). The van der Waals surface area contributed by atoms with Gasteiger partial charge in [0.1, 0.15) is 0 Å². The Morgan fingerprint density at radius 3 is 0.705 bits per heavy atom. The van der Waals surface area contributed by atoms with Gasteiger partial charge in [-0.15, -0.1) is 0 Å². The number of nitrogens with zero attached hydrogens (tertiary/aromatic N) is 10. The molecule has 0 fully saturated rings. The molecule has 22 aromatic rings. The summed E-state index contributed by atoms with van der Waals surface area (Å²) < 4.78 is 9.52. The van der Waals surface area contributed by atoms with Crippen molar-refractivity contribution in [2.45, 2.75) is 0 Å². The SMILES string of the molecule is c1ccc(-c2cccc(-c3nc(-c4ccccc4)nc(-c4ccc(-n5c6ccccc6c6cc7c8ccccc8n(-c8ccccc8)c7cc65)cc4)n3)c2)cc1.c1ccc(-c2cccc(-c3nc(-c4ccccc4)nc(-c4cccc(-n5c6ccccc6c6cc7c8ccccc8n(-c8ccccc8)c7cc65)c4)n3)c2)cc1. The Morgan fingerprint density at radius 1 is 0.125 bits per heavy atom. The molecule has 0 amide bonds. The molecule has 0 aliphatic heterocycles. The highest BCUT2D eigenvalue weighted by molar-refractivity contribution is 6.21. The molecule has 6 heterocycles. The third kappa shape index (κ3) is 11.5. The zero-order valence-corrected chi connectivity index (χ0v) is 60.6. The van der Waals surface area contributed by atoms with Crippen molar-refractivity contribution in [1.82, 2.24) is 48.2 Å². The standard InChI is InChI=1S/2C51H33N5/c1-4-16-34(17-5-1)36-20-14-21-37(30-36)50-52-49(35-18-6-2-7-19-35)53-51(54-50)38-22-15-25-40(31-38)56-46-29-13-11-27-42(46)44-32-43-41-26-10-12-28-45(41)55(47(43)33-48(44)56)39-23-8-3-9-24-39;1-4-15-34(16-5-1)37-19-14-20-38(31-37)51-53-49(35-17-6-2-7-18-35)52-50(54-51)36-27-29-40(30-28-36)56-46-26-13-11-24-42(46)44-32-43-41-23-10-12-25-45(41)55(47(43)33-48(44)56)39-21-8-3-9-22-39/h2*1-33H. The molecule has 0 atom stereocenters. The van der Waals surface area contributed by atoms with Crippen LogP contribution in [0.2, 0.25) is 0 Å². The fraction of sp³-hybridized carbons (Fsp3) is 0. The minimum atomic E-state index is 0.619. The Kier molecular flexibility index (Phi) is 16.0. The first-order valence-corrected chi connectivity index (χ1v) is 37.7. The van der Waals surface area contributed by atoms with Gasteiger partial charge in [-0.2, -0.15) is 0 Å². The molecule has 524 valence electrons. The van der Waals surface area contributed by atoms with Gasteiger partial charge in [-0.25, -0.2) is 29.9 Å². The van der Waals surface area contributed by atoms with Crippen molar-refractivity contribution in [3.05, 3.63) is 400 Å². The van der Waals surface area contributed by atoms with E-state index in [1.165, 1.54) is 59.6 Å². The molecule has 0 saturated heterocycles. The molecule has 10 nitrogen and oxygen atoms in total. The van der Waals surface area contributed by atoms with Crippen LogP contribution in [-0.4, -0.2) is 48.2 Å². The van der Waals surface area contributed by atoms with Gasteiger partial charge in [0, 0.05) is 99.2 Å². The molecule has 10 heteroatoms. The number of aromatic nitrogens is 10. The van der Waals surface area contributed by atoms with Gasteiger partial charge < -0.3 is 18.3 Å². The predicted octanol–water partition coefficient (Wildman–Crippen LogP) is 25.5. The van der Waals surface area contributed by atoms with Gasteiger partial charge in [0.05, 0.1) is 44.1 Å². The summed E-state index contributed by atoms with van der Waals surface area (Å²) in [4.78, 5) is 30.4. The highest BCUT2D eigenvalue weighted by Gasteiger charge is 2.23. The molecule has 0 aliphatic rings. The first-order valence-electron chi connectivity index (χ1n) is 37.7. The zero-order chi connectivity index (χ0) is 74.0. The Hall–Kier alpha value is -15.3. The third-order valence-electron chi connectivity index (χ3n) is 21.5. The molecule has 0 radical (unpaired) electrons. The molecule has 16 aromatic carbocycles. The van der Waals surface area contributed by atoms with Gasteiger partial charge in [0.25, 0.3) is 0 Å². The summed E-state index contributed by atoms with van der Waals surface area (Å²) in [6.07, 6.45) is 0. The summed E-state index contributed by atoms with van der Waals surface area (Å²) in [5.74, 6) is 3.78. The van der Waals surface area contributed by atoms with E-state index in [1.54, 1.807) is 0 Å². The quantitative estimate of drug-likeness (QED) is 0.121. The molecular formula is C102H66N10. The second kappa shape index (κ2) is 27.5. The van der Waals surface area contributed by atoms with Gasteiger partial charge in [-0.1, -0.05) is 279 Å². The largest absolute Gasteiger partial charge is 0.309 e. The summed E-state index contributed by atoms with van der Waals surface area (Å²) in [5, 5.41) is 9.81. The lowest BCUT2D eigenvalue weighted by Gasteiger charge is -2.12. The van der Waals surface area contributed by atoms with Crippen LogP contribution in [0.15, 0.2) is 400 Å². The van der Waals surface area contributed by atoms with Gasteiger partial charge in [-0.05, 0) is 144 Å². The van der Waals surface area contributed by atoms with Crippen LogP contribution in [0.3, 0.4) is 0 Å². The fourth-order valence-corrected chi connectivity index (χ4v) is 16.3. The highest BCUT2D eigenvalue weighted by Crippen LogP contribution is 2.43. The molecule has 0 aliphatic carbocycles. The monoisotopic (exact) mass is 1430 g/mol. The van der Waals surface area contributed by atoms with E-state index in [2.05, 4.69) is 346 Å². The van der Waals surface area contributed by atoms with Gasteiger partial charge in [0.2, 0.25) is 0 Å². The van der Waals surface area contributed by atoms with Gasteiger partial charge >= 0.3 is 0 Å². The number of hydrogen-bond acceptors (Lipinski definition) is 6. The minimum Gasteiger partial charge on any atom is -0.309 e. The van der Waals surface area contributed by atoms with E-state index in [9.17, 15) is 0 Å². The van der Waals surface area contributed by atoms with Crippen molar-refractivity contribution < 1.29 is 0 Å². The Labute approximate surface area is 645 Å². The van der Waals surface area contributed by atoms with Crippen molar-refractivity contribution in [2.75, 3.05) is 0 Å². The number of hydrogen-bond donors (Lipinski definition) is 0. The first-order chi connectivity index (χ1) is 55.5. The van der Waals surface area contributed by atoms with E-state index in [0.29, 0.717) is 34.9 Å². The molecule has 0 spiro atoms. The average Bonchev–Trinajstić information content (AvgIpc) is 1.56. The summed E-state index contributed by atoms with van der Waals surface area (Å²) in [5.41, 5.74) is 23.8. The maximum atomic E-state index is 5.16. The van der Waals surface area contributed by atoms with Crippen LogP contribution in [0.4, 0.5) is 0 Å².